The topological polar surface area (TPSA) is 87.5 Å². The molecule has 0 saturated carbocycles. The van der Waals surface area contributed by atoms with Crippen molar-refractivity contribution in [3.8, 4) is 0 Å². The van der Waals surface area contributed by atoms with Gasteiger partial charge in [-0.05, 0) is 12.8 Å². The number of aliphatic hydroxyl groups is 1. The van der Waals surface area contributed by atoms with Crippen molar-refractivity contribution in [1.29, 1.82) is 0 Å². The van der Waals surface area contributed by atoms with Gasteiger partial charge in [0.2, 0.25) is 5.91 Å². The second kappa shape index (κ2) is 7.21. The second-order valence-electron chi connectivity index (χ2n) is 5.32. The van der Waals surface area contributed by atoms with Crippen molar-refractivity contribution in [1.82, 2.24) is 14.9 Å². The number of anilines is 1. The first-order valence-electron chi connectivity index (χ1n) is 7.33. The predicted molar refractivity (Wildman–Crippen MR) is 79.2 cm³/mol. The zero-order valence-electron chi connectivity index (χ0n) is 12.3. The molecule has 2 heterocycles. The van der Waals surface area contributed by atoms with Gasteiger partial charge in [-0.15, -0.1) is 0 Å². The summed E-state index contributed by atoms with van der Waals surface area (Å²) in [6.07, 6.45) is 4.77. The van der Waals surface area contributed by atoms with Crippen LogP contribution in [0.15, 0.2) is 17.2 Å². The molecule has 0 unspecified atom stereocenters. The molecular formula is C14H22N4O3. The summed E-state index contributed by atoms with van der Waals surface area (Å²) in [5.41, 5.74) is -0.261. The second-order valence-corrected chi connectivity index (χ2v) is 5.32. The first-order valence-corrected chi connectivity index (χ1v) is 7.33. The SMILES string of the molecule is CCCNC(=O)Cn1ccnc(N2CC[C@H](CO)C2)c1=O. The fourth-order valence-electron chi connectivity index (χ4n) is 2.43. The van der Waals surface area contributed by atoms with Crippen LogP contribution in [0.5, 0.6) is 0 Å². The molecule has 1 fully saturated rings. The molecule has 1 aromatic heterocycles. The van der Waals surface area contributed by atoms with E-state index >= 15 is 0 Å². The molecule has 21 heavy (non-hydrogen) atoms. The van der Waals surface area contributed by atoms with Crippen LogP contribution in [0.4, 0.5) is 5.82 Å². The quantitative estimate of drug-likeness (QED) is 0.744. The maximum absolute atomic E-state index is 12.4. The third kappa shape index (κ3) is 3.81. The van der Waals surface area contributed by atoms with Gasteiger partial charge in [0.15, 0.2) is 5.82 Å². The Labute approximate surface area is 123 Å². The molecule has 2 rings (SSSR count). The number of rotatable bonds is 6. The average Bonchev–Trinajstić information content (AvgIpc) is 2.96. The Morgan fingerprint density at radius 3 is 3.05 bits per heavy atom. The summed E-state index contributed by atoms with van der Waals surface area (Å²) in [5, 5.41) is 11.9. The minimum atomic E-state index is -0.261. The Balaban J connectivity index is 2.10. The van der Waals surface area contributed by atoms with Gasteiger partial charge in [-0.25, -0.2) is 4.98 Å². The summed E-state index contributed by atoms with van der Waals surface area (Å²) in [6, 6.07) is 0. The average molecular weight is 294 g/mol. The monoisotopic (exact) mass is 294 g/mol. The van der Waals surface area contributed by atoms with Gasteiger partial charge in [-0.2, -0.15) is 0 Å². The van der Waals surface area contributed by atoms with E-state index in [-0.39, 0.29) is 30.5 Å². The van der Waals surface area contributed by atoms with E-state index in [1.807, 2.05) is 11.8 Å². The Kier molecular flexibility index (Phi) is 5.32. The third-order valence-corrected chi connectivity index (χ3v) is 3.63. The van der Waals surface area contributed by atoms with Gasteiger partial charge in [-0.3, -0.25) is 9.59 Å². The Bertz CT molecular complexity index is 543. The molecule has 0 bridgehead atoms. The summed E-state index contributed by atoms with van der Waals surface area (Å²) in [7, 11) is 0. The van der Waals surface area contributed by atoms with Crippen molar-refractivity contribution in [3.05, 3.63) is 22.7 Å². The minimum absolute atomic E-state index is 0.00558. The summed E-state index contributed by atoms with van der Waals surface area (Å²) in [6.45, 7) is 4.05. The maximum Gasteiger partial charge on any atom is 0.293 e. The van der Waals surface area contributed by atoms with E-state index in [0.717, 1.165) is 12.8 Å². The van der Waals surface area contributed by atoms with Crippen molar-refractivity contribution in [2.45, 2.75) is 26.3 Å². The molecule has 116 valence electrons. The highest BCUT2D eigenvalue weighted by Crippen LogP contribution is 2.18. The van der Waals surface area contributed by atoms with Crippen LogP contribution in [-0.4, -0.2) is 46.8 Å². The van der Waals surface area contributed by atoms with Crippen LogP contribution in [0.25, 0.3) is 0 Å². The van der Waals surface area contributed by atoms with E-state index in [1.165, 1.54) is 17.0 Å². The number of hydrogen-bond acceptors (Lipinski definition) is 5. The van der Waals surface area contributed by atoms with E-state index < -0.39 is 0 Å². The summed E-state index contributed by atoms with van der Waals surface area (Å²) < 4.78 is 1.37. The van der Waals surface area contributed by atoms with Crippen molar-refractivity contribution >= 4 is 11.7 Å². The number of carbonyl (C=O) groups is 1. The minimum Gasteiger partial charge on any atom is -0.396 e. The number of amides is 1. The van der Waals surface area contributed by atoms with Crippen LogP contribution in [0.2, 0.25) is 0 Å². The lowest BCUT2D eigenvalue weighted by molar-refractivity contribution is -0.121. The van der Waals surface area contributed by atoms with E-state index in [0.29, 0.717) is 25.5 Å². The lowest BCUT2D eigenvalue weighted by Gasteiger charge is -2.17. The largest absolute Gasteiger partial charge is 0.396 e. The molecule has 1 aromatic rings. The summed E-state index contributed by atoms with van der Waals surface area (Å²) >= 11 is 0. The van der Waals surface area contributed by atoms with E-state index in [1.54, 1.807) is 0 Å². The Morgan fingerprint density at radius 1 is 1.57 bits per heavy atom. The fraction of sp³-hybridized carbons (Fsp3) is 0.643. The van der Waals surface area contributed by atoms with Gasteiger partial charge < -0.3 is 19.9 Å². The maximum atomic E-state index is 12.4. The smallest absolute Gasteiger partial charge is 0.293 e. The molecule has 7 nitrogen and oxygen atoms in total. The van der Waals surface area contributed by atoms with Crippen LogP contribution in [0.1, 0.15) is 19.8 Å². The van der Waals surface area contributed by atoms with Crippen LogP contribution in [0, 0.1) is 5.92 Å². The number of carbonyl (C=O) groups excluding carboxylic acids is 1. The molecular weight excluding hydrogens is 272 g/mol. The predicted octanol–water partition coefficient (Wildman–Crippen LogP) is -0.412. The zero-order valence-corrected chi connectivity index (χ0v) is 12.3. The molecule has 0 aromatic carbocycles. The zero-order chi connectivity index (χ0) is 15.2. The standard InChI is InChI=1S/C14H22N4O3/c1-2-4-15-12(20)9-18-7-5-16-13(14(18)21)17-6-3-11(8-17)10-19/h5,7,11,19H,2-4,6,8-10H2,1H3,(H,15,20)/t11-/m0/s1. The Morgan fingerprint density at radius 2 is 2.38 bits per heavy atom. The molecule has 0 spiro atoms. The number of nitrogens with one attached hydrogen (secondary N) is 1. The fourth-order valence-corrected chi connectivity index (χ4v) is 2.43. The molecule has 1 saturated heterocycles. The Hall–Kier alpha value is -1.89. The molecule has 1 aliphatic rings. The van der Waals surface area contributed by atoms with Gasteiger partial charge in [0.25, 0.3) is 5.56 Å². The first-order chi connectivity index (χ1) is 10.2. The highest BCUT2D eigenvalue weighted by molar-refractivity contribution is 5.75. The summed E-state index contributed by atoms with van der Waals surface area (Å²) in [5.74, 6) is 0.371. The van der Waals surface area contributed by atoms with Gasteiger partial charge >= 0.3 is 0 Å². The van der Waals surface area contributed by atoms with Gasteiger partial charge in [0.05, 0.1) is 0 Å². The number of nitrogens with zero attached hydrogens (tertiary/aromatic N) is 3. The van der Waals surface area contributed by atoms with Gasteiger partial charge in [-0.1, -0.05) is 6.92 Å². The molecule has 7 heteroatoms. The number of aliphatic hydroxyl groups excluding tert-OH is 1. The van der Waals surface area contributed by atoms with Crippen molar-refractivity contribution in [2.24, 2.45) is 5.92 Å². The molecule has 1 atom stereocenters. The van der Waals surface area contributed by atoms with E-state index in [9.17, 15) is 14.7 Å². The first kappa shape index (κ1) is 15.5. The molecule has 0 radical (unpaired) electrons. The molecule has 2 N–H and O–H groups in total. The van der Waals surface area contributed by atoms with E-state index in [2.05, 4.69) is 10.3 Å². The van der Waals surface area contributed by atoms with Crippen LogP contribution < -0.4 is 15.8 Å². The normalized spacial score (nSPS) is 18.0. The van der Waals surface area contributed by atoms with Gasteiger partial charge in [0.1, 0.15) is 6.54 Å². The third-order valence-electron chi connectivity index (χ3n) is 3.63. The summed E-state index contributed by atoms with van der Waals surface area (Å²) in [4.78, 5) is 30.1. The highest BCUT2D eigenvalue weighted by atomic mass is 16.3. The lowest BCUT2D eigenvalue weighted by Crippen LogP contribution is -2.36. The number of hydrogen-bond donors (Lipinski definition) is 2. The van der Waals surface area contributed by atoms with Crippen LogP contribution in [-0.2, 0) is 11.3 Å². The van der Waals surface area contributed by atoms with E-state index in [4.69, 9.17) is 0 Å². The lowest BCUT2D eigenvalue weighted by atomic mass is 10.1. The van der Waals surface area contributed by atoms with Crippen molar-refractivity contribution in [3.63, 3.8) is 0 Å². The molecule has 1 aliphatic heterocycles. The van der Waals surface area contributed by atoms with Crippen LogP contribution >= 0.6 is 0 Å². The van der Waals surface area contributed by atoms with Crippen LogP contribution in [0.3, 0.4) is 0 Å². The molecule has 1 amide bonds. The number of aromatic nitrogens is 2. The van der Waals surface area contributed by atoms with Gasteiger partial charge in [0, 0.05) is 44.6 Å². The van der Waals surface area contributed by atoms with Crippen molar-refractivity contribution in [2.75, 3.05) is 31.1 Å². The molecule has 0 aliphatic carbocycles. The van der Waals surface area contributed by atoms with Crippen molar-refractivity contribution < 1.29 is 9.90 Å². The highest BCUT2D eigenvalue weighted by Gasteiger charge is 2.25.